The average Bonchev–Trinajstić information content (AvgIpc) is 3.15. The van der Waals surface area contributed by atoms with Crippen LogP contribution in [0.5, 0.6) is 0 Å². The van der Waals surface area contributed by atoms with Crippen LogP contribution in [0, 0.1) is 0 Å². The fourth-order valence-electron chi connectivity index (χ4n) is 4.80. The number of amides is 1. The predicted molar refractivity (Wildman–Crippen MR) is 114 cm³/mol. The molecule has 3 heterocycles. The van der Waals surface area contributed by atoms with Crippen molar-refractivity contribution in [1.29, 1.82) is 0 Å². The number of benzene rings is 2. The Labute approximate surface area is 175 Å². The van der Waals surface area contributed by atoms with Crippen molar-refractivity contribution in [3.63, 3.8) is 0 Å². The first-order chi connectivity index (χ1) is 14.6. The summed E-state index contributed by atoms with van der Waals surface area (Å²) in [6, 6.07) is 14.0. The largest absolute Gasteiger partial charge is 0.388 e. The van der Waals surface area contributed by atoms with Crippen molar-refractivity contribution in [2.75, 3.05) is 26.2 Å². The molecule has 1 aromatic heterocycles. The van der Waals surface area contributed by atoms with Crippen LogP contribution in [0.25, 0.3) is 11.0 Å². The Morgan fingerprint density at radius 2 is 1.87 bits per heavy atom. The molecule has 0 spiro atoms. The van der Waals surface area contributed by atoms with Gasteiger partial charge in [0.15, 0.2) is 0 Å². The highest BCUT2D eigenvalue weighted by atomic mass is 16.3. The maximum absolute atomic E-state index is 13.0. The fraction of sp³-hybridized carbons (Fsp3) is 0.435. The third kappa shape index (κ3) is 3.82. The Morgan fingerprint density at radius 1 is 1.03 bits per heavy atom. The predicted octanol–water partition coefficient (Wildman–Crippen LogP) is 2.37. The zero-order chi connectivity index (χ0) is 20.6. The van der Waals surface area contributed by atoms with Crippen LogP contribution in [0.15, 0.2) is 42.5 Å². The first-order valence-electron chi connectivity index (χ1n) is 10.7. The topological polar surface area (TPSA) is 85.3 Å². The van der Waals surface area contributed by atoms with Gasteiger partial charge in [-0.25, -0.2) is 0 Å². The van der Waals surface area contributed by atoms with Crippen molar-refractivity contribution in [2.45, 2.75) is 37.8 Å². The molecule has 1 fully saturated rings. The molecule has 0 bridgehead atoms. The van der Waals surface area contributed by atoms with Crippen LogP contribution in [-0.2, 0) is 13.0 Å². The van der Waals surface area contributed by atoms with E-state index in [0.29, 0.717) is 37.1 Å². The normalized spacial score (nSPS) is 22.6. The summed E-state index contributed by atoms with van der Waals surface area (Å²) in [6.07, 6.45) is 3.15. The van der Waals surface area contributed by atoms with E-state index in [1.54, 1.807) is 12.1 Å². The number of aliphatic hydroxyl groups is 1. The summed E-state index contributed by atoms with van der Waals surface area (Å²) in [5.74, 6) is -0.00366. The molecule has 2 aromatic carbocycles. The third-order valence-electron chi connectivity index (χ3n) is 6.50. The molecule has 0 aliphatic carbocycles. The molecular formula is C23H27N5O2. The van der Waals surface area contributed by atoms with Gasteiger partial charge in [0.1, 0.15) is 11.0 Å². The molecule has 0 radical (unpaired) electrons. The van der Waals surface area contributed by atoms with Crippen LogP contribution in [0.1, 0.15) is 40.7 Å². The van der Waals surface area contributed by atoms with E-state index in [-0.39, 0.29) is 5.91 Å². The van der Waals surface area contributed by atoms with Crippen molar-refractivity contribution >= 4 is 16.9 Å². The summed E-state index contributed by atoms with van der Waals surface area (Å²) < 4.78 is 0. The Bertz CT molecular complexity index is 1060. The van der Waals surface area contributed by atoms with E-state index in [1.807, 2.05) is 11.0 Å². The number of aromatic nitrogens is 3. The van der Waals surface area contributed by atoms with Crippen molar-refractivity contribution < 1.29 is 9.90 Å². The molecule has 7 heteroatoms. The van der Waals surface area contributed by atoms with Crippen LogP contribution < -0.4 is 0 Å². The molecule has 1 amide bonds. The number of carbonyl (C=O) groups is 1. The second-order valence-electron chi connectivity index (χ2n) is 8.63. The minimum absolute atomic E-state index is 0.00366. The standard InChI is InChI=1S/C23H27N5O2/c29-22(18-6-7-20-21(14-18)25-26-24-20)28-11-3-9-23(30,10-13-28)16-27-12-8-17-4-1-2-5-19(17)15-27/h1-2,4-7,14,30H,3,8-13,15-16H2,(H,24,25,26)/t23-/m0/s1. The minimum atomic E-state index is -0.753. The van der Waals surface area contributed by atoms with Crippen LogP contribution in [-0.4, -0.2) is 68.0 Å². The zero-order valence-corrected chi connectivity index (χ0v) is 17.0. The molecule has 156 valence electrons. The summed E-state index contributed by atoms with van der Waals surface area (Å²) in [6.45, 7) is 3.75. The van der Waals surface area contributed by atoms with Crippen molar-refractivity contribution in [3.8, 4) is 0 Å². The minimum Gasteiger partial charge on any atom is -0.388 e. The Morgan fingerprint density at radius 3 is 2.77 bits per heavy atom. The molecule has 1 atom stereocenters. The Kier molecular flexibility index (Phi) is 5.00. The van der Waals surface area contributed by atoms with Crippen molar-refractivity contribution in [1.82, 2.24) is 25.2 Å². The van der Waals surface area contributed by atoms with Gasteiger partial charge < -0.3 is 10.0 Å². The summed E-state index contributed by atoms with van der Waals surface area (Å²) in [7, 11) is 0. The monoisotopic (exact) mass is 405 g/mol. The second-order valence-corrected chi connectivity index (χ2v) is 8.63. The maximum atomic E-state index is 13.0. The number of H-pyrrole nitrogens is 1. The van der Waals surface area contributed by atoms with Crippen molar-refractivity contribution in [2.24, 2.45) is 0 Å². The van der Waals surface area contributed by atoms with Gasteiger partial charge >= 0.3 is 0 Å². The molecule has 30 heavy (non-hydrogen) atoms. The third-order valence-corrected chi connectivity index (χ3v) is 6.50. The lowest BCUT2D eigenvalue weighted by atomic mass is 9.92. The van der Waals surface area contributed by atoms with Gasteiger partial charge in [-0.15, -0.1) is 0 Å². The number of carbonyl (C=O) groups excluding carboxylic acids is 1. The smallest absolute Gasteiger partial charge is 0.253 e. The van der Waals surface area contributed by atoms with Gasteiger partial charge in [0.05, 0.1) is 5.60 Å². The van der Waals surface area contributed by atoms with Gasteiger partial charge in [0.2, 0.25) is 0 Å². The molecule has 2 N–H and O–H groups in total. The molecule has 5 rings (SSSR count). The molecule has 0 saturated carbocycles. The molecule has 2 aliphatic heterocycles. The number of hydrogen-bond acceptors (Lipinski definition) is 5. The van der Waals surface area contributed by atoms with E-state index in [2.05, 4.69) is 44.6 Å². The molecule has 7 nitrogen and oxygen atoms in total. The average molecular weight is 406 g/mol. The van der Waals surface area contributed by atoms with Crippen molar-refractivity contribution in [3.05, 3.63) is 59.2 Å². The number of β-amino-alcohol motifs (C(OH)–C–C–N with tert-alkyl or cyclic N) is 1. The van der Waals surface area contributed by atoms with E-state index < -0.39 is 5.60 Å². The summed E-state index contributed by atoms with van der Waals surface area (Å²) in [5, 5.41) is 22.0. The van der Waals surface area contributed by atoms with E-state index in [1.165, 1.54) is 11.1 Å². The van der Waals surface area contributed by atoms with Gasteiger partial charge in [-0.2, -0.15) is 15.4 Å². The quantitative estimate of drug-likeness (QED) is 0.699. The molecule has 2 aliphatic rings. The highest BCUT2D eigenvalue weighted by Gasteiger charge is 2.34. The number of aromatic amines is 1. The summed E-state index contributed by atoms with van der Waals surface area (Å²) in [4.78, 5) is 17.3. The van der Waals surface area contributed by atoms with Crippen LogP contribution in [0.3, 0.4) is 0 Å². The lowest BCUT2D eigenvalue weighted by Gasteiger charge is -2.36. The summed E-state index contributed by atoms with van der Waals surface area (Å²) >= 11 is 0. The summed E-state index contributed by atoms with van der Waals surface area (Å²) in [5.41, 5.74) is 4.09. The number of likely N-dealkylation sites (tertiary alicyclic amines) is 1. The van der Waals surface area contributed by atoms with Crippen LogP contribution in [0.4, 0.5) is 0 Å². The SMILES string of the molecule is O=C(c1ccc2n[nH]nc2c1)N1CCC[C@@](O)(CN2CCc3ccccc3C2)CC1. The molecule has 1 saturated heterocycles. The fourth-order valence-corrected chi connectivity index (χ4v) is 4.80. The number of nitrogens with one attached hydrogen (secondary N) is 1. The Hall–Kier alpha value is -2.77. The number of nitrogens with zero attached hydrogens (tertiary/aromatic N) is 4. The molecule has 0 unspecified atom stereocenters. The number of rotatable bonds is 3. The number of fused-ring (bicyclic) bond motifs is 2. The van der Waals surface area contributed by atoms with Crippen LogP contribution >= 0.6 is 0 Å². The second kappa shape index (κ2) is 7.81. The Balaban J connectivity index is 1.24. The van der Waals surface area contributed by atoms with E-state index in [0.717, 1.165) is 37.9 Å². The van der Waals surface area contributed by atoms with E-state index in [4.69, 9.17) is 0 Å². The number of hydrogen-bond donors (Lipinski definition) is 2. The van der Waals surface area contributed by atoms with Gasteiger partial charge in [-0.05, 0) is 55.0 Å². The van der Waals surface area contributed by atoms with E-state index in [9.17, 15) is 9.90 Å². The first-order valence-corrected chi connectivity index (χ1v) is 10.7. The van der Waals surface area contributed by atoms with Gasteiger partial charge in [-0.3, -0.25) is 9.69 Å². The molecule has 3 aromatic rings. The maximum Gasteiger partial charge on any atom is 0.253 e. The highest BCUT2D eigenvalue weighted by Crippen LogP contribution is 2.27. The molecular weight excluding hydrogens is 378 g/mol. The van der Waals surface area contributed by atoms with Gasteiger partial charge in [0.25, 0.3) is 5.91 Å². The first kappa shape index (κ1) is 19.2. The highest BCUT2D eigenvalue weighted by molar-refractivity contribution is 5.97. The van der Waals surface area contributed by atoms with Gasteiger partial charge in [-0.1, -0.05) is 24.3 Å². The van der Waals surface area contributed by atoms with Crippen LogP contribution in [0.2, 0.25) is 0 Å². The van der Waals surface area contributed by atoms with E-state index >= 15 is 0 Å². The van der Waals surface area contributed by atoms with Gasteiger partial charge in [0, 0.05) is 38.3 Å². The zero-order valence-electron chi connectivity index (χ0n) is 17.0. The lowest BCUT2D eigenvalue weighted by Crippen LogP contribution is -2.45. The lowest BCUT2D eigenvalue weighted by molar-refractivity contribution is -0.0118.